The molecule has 1 amide bonds. The predicted molar refractivity (Wildman–Crippen MR) is 56.3 cm³/mol. The average molecular weight is 232 g/mol. The number of carbonyl (C=O) groups excluding carboxylic acids is 1. The Bertz CT molecular complexity index is 254. The monoisotopic (exact) mass is 232 g/mol. The van der Waals surface area contributed by atoms with Crippen molar-refractivity contribution in [2.75, 3.05) is 26.2 Å². The minimum Gasteiger partial charge on any atom is -0.342 e. The third-order valence-electron chi connectivity index (χ3n) is 3.54. The molecule has 0 unspecified atom stereocenters. The van der Waals surface area contributed by atoms with Crippen molar-refractivity contribution < 1.29 is 13.6 Å². The summed E-state index contributed by atoms with van der Waals surface area (Å²) >= 11 is 0. The standard InChI is InChI=1S/C11H18F2N2O/c12-10(13)9-3-5-15(7-9)11(16)8-2-1-4-14-6-8/h8-10,14H,1-7H2/t8-,9-/m1/s1. The normalized spacial score (nSPS) is 31.1. The van der Waals surface area contributed by atoms with Crippen molar-refractivity contribution in [3.8, 4) is 0 Å². The van der Waals surface area contributed by atoms with E-state index in [0.717, 1.165) is 19.4 Å². The molecule has 2 fully saturated rings. The molecule has 2 heterocycles. The van der Waals surface area contributed by atoms with Crippen LogP contribution < -0.4 is 5.32 Å². The third-order valence-corrected chi connectivity index (χ3v) is 3.54. The van der Waals surface area contributed by atoms with Gasteiger partial charge in [0.2, 0.25) is 12.3 Å². The van der Waals surface area contributed by atoms with Crippen LogP contribution >= 0.6 is 0 Å². The van der Waals surface area contributed by atoms with Crippen molar-refractivity contribution in [1.82, 2.24) is 10.2 Å². The van der Waals surface area contributed by atoms with Gasteiger partial charge in [0.15, 0.2) is 0 Å². The summed E-state index contributed by atoms with van der Waals surface area (Å²) in [6, 6.07) is 0. The number of alkyl halides is 2. The number of amides is 1. The van der Waals surface area contributed by atoms with Gasteiger partial charge in [-0.1, -0.05) is 0 Å². The largest absolute Gasteiger partial charge is 0.342 e. The molecule has 0 aromatic rings. The molecule has 2 aliphatic heterocycles. The lowest BCUT2D eigenvalue weighted by atomic mass is 9.98. The molecule has 0 aromatic heterocycles. The van der Waals surface area contributed by atoms with Gasteiger partial charge in [-0.2, -0.15) is 0 Å². The molecular formula is C11H18F2N2O. The summed E-state index contributed by atoms with van der Waals surface area (Å²) < 4.78 is 24.9. The summed E-state index contributed by atoms with van der Waals surface area (Å²) in [5, 5.41) is 3.18. The molecule has 0 aliphatic carbocycles. The Hall–Kier alpha value is -0.710. The smallest absolute Gasteiger partial charge is 0.243 e. The molecule has 2 saturated heterocycles. The van der Waals surface area contributed by atoms with Crippen LogP contribution in [-0.2, 0) is 4.79 Å². The molecule has 3 nitrogen and oxygen atoms in total. The van der Waals surface area contributed by atoms with Gasteiger partial charge in [0.1, 0.15) is 0 Å². The summed E-state index contributed by atoms with van der Waals surface area (Å²) in [5.41, 5.74) is 0. The van der Waals surface area contributed by atoms with Gasteiger partial charge in [-0.05, 0) is 25.8 Å². The van der Waals surface area contributed by atoms with E-state index in [2.05, 4.69) is 5.32 Å². The van der Waals surface area contributed by atoms with Crippen molar-refractivity contribution in [2.45, 2.75) is 25.7 Å². The van der Waals surface area contributed by atoms with E-state index in [9.17, 15) is 13.6 Å². The average Bonchev–Trinajstić information content (AvgIpc) is 2.78. The number of carbonyl (C=O) groups is 1. The highest BCUT2D eigenvalue weighted by atomic mass is 19.3. The maximum absolute atomic E-state index is 12.5. The van der Waals surface area contributed by atoms with Crippen LogP contribution in [0.3, 0.4) is 0 Å². The van der Waals surface area contributed by atoms with Crippen molar-refractivity contribution in [3.63, 3.8) is 0 Å². The zero-order valence-corrected chi connectivity index (χ0v) is 9.29. The second kappa shape index (κ2) is 5.08. The molecule has 0 bridgehead atoms. The number of hydrogen-bond donors (Lipinski definition) is 1. The van der Waals surface area contributed by atoms with Gasteiger partial charge in [-0.25, -0.2) is 8.78 Å². The zero-order chi connectivity index (χ0) is 11.5. The fraction of sp³-hybridized carbons (Fsp3) is 0.909. The minimum atomic E-state index is -2.29. The van der Waals surface area contributed by atoms with E-state index >= 15 is 0 Å². The van der Waals surface area contributed by atoms with Gasteiger partial charge in [-0.3, -0.25) is 4.79 Å². The number of nitrogens with one attached hydrogen (secondary N) is 1. The molecule has 16 heavy (non-hydrogen) atoms. The van der Waals surface area contributed by atoms with E-state index in [1.807, 2.05) is 0 Å². The Morgan fingerprint density at radius 1 is 1.38 bits per heavy atom. The van der Waals surface area contributed by atoms with E-state index in [0.29, 0.717) is 19.5 Å². The second-order valence-corrected chi connectivity index (χ2v) is 4.71. The first-order valence-electron chi connectivity index (χ1n) is 5.96. The molecule has 0 aromatic carbocycles. The van der Waals surface area contributed by atoms with Crippen LogP contribution in [-0.4, -0.2) is 43.4 Å². The molecule has 0 saturated carbocycles. The van der Waals surface area contributed by atoms with Crippen LogP contribution in [0.2, 0.25) is 0 Å². The Morgan fingerprint density at radius 2 is 2.19 bits per heavy atom. The van der Waals surface area contributed by atoms with Gasteiger partial charge in [0.25, 0.3) is 0 Å². The van der Waals surface area contributed by atoms with Gasteiger partial charge >= 0.3 is 0 Å². The van der Waals surface area contributed by atoms with Gasteiger partial charge in [0, 0.05) is 25.6 Å². The highest BCUT2D eigenvalue weighted by Crippen LogP contribution is 2.25. The van der Waals surface area contributed by atoms with Crippen LogP contribution in [0.5, 0.6) is 0 Å². The topological polar surface area (TPSA) is 32.3 Å². The zero-order valence-electron chi connectivity index (χ0n) is 9.29. The lowest BCUT2D eigenvalue weighted by Crippen LogP contribution is -2.42. The molecule has 0 spiro atoms. The predicted octanol–water partition coefficient (Wildman–Crippen LogP) is 1.10. The Morgan fingerprint density at radius 3 is 2.75 bits per heavy atom. The molecule has 2 aliphatic rings. The Labute approximate surface area is 94.2 Å². The molecule has 5 heteroatoms. The minimum absolute atomic E-state index is 0.00479. The van der Waals surface area contributed by atoms with Crippen molar-refractivity contribution >= 4 is 5.91 Å². The Kier molecular flexibility index (Phi) is 3.74. The Balaban J connectivity index is 1.86. The van der Waals surface area contributed by atoms with Crippen molar-refractivity contribution in [1.29, 1.82) is 0 Å². The molecule has 1 N–H and O–H groups in total. The van der Waals surface area contributed by atoms with Gasteiger partial charge in [-0.15, -0.1) is 0 Å². The number of nitrogens with zero attached hydrogens (tertiary/aromatic N) is 1. The van der Waals surface area contributed by atoms with Crippen molar-refractivity contribution in [2.24, 2.45) is 11.8 Å². The SMILES string of the molecule is O=C([C@@H]1CCCNC1)N1CC[C@@H](C(F)F)C1. The fourth-order valence-corrected chi connectivity index (χ4v) is 2.51. The number of halogens is 2. The van der Waals surface area contributed by atoms with E-state index in [1.54, 1.807) is 4.90 Å². The number of hydrogen-bond acceptors (Lipinski definition) is 2. The van der Waals surface area contributed by atoms with Gasteiger partial charge < -0.3 is 10.2 Å². The van der Waals surface area contributed by atoms with Crippen LogP contribution in [0.25, 0.3) is 0 Å². The van der Waals surface area contributed by atoms with Crippen LogP contribution in [0.4, 0.5) is 8.78 Å². The third kappa shape index (κ3) is 2.51. The molecule has 2 atom stereocenters. The van der Waals surface area contributed by atoms with Crippen LogP contribution in [0.15, 0.2) is 0 Å². The molecular weight excluding hydrogens is 214 g/mol. The first-order valence-corrected chi connectivity index (χ1v) is 5.96. The molecule has 0 radical (unpaired) electrons. The molecule has 92 valence electrons. The summed E-state index contributed by atoms with van der Waals surface area (Å²) in [4.78, 5) is 13.6. The maximum Gasteiger partial charge on any atom is 0.243 e. The number of rotatable bonds is 2. The summed E-state index contributed by atoms with van der Waals surface area (Å²) in [6.45, 7) is 2.41. The van der Waals surface area contributed by atoms with Crippen molar-refractivity contribution in [3.05, 3.63) is 0 Å². The quantitative estimate of drug-likeness (QED) is 0.773. The highest BCUT2D eigenvalue weighted by molar-refractivity contribution is 5.79. The van der Waals surface area contributed by atoms with E-state index in [4.69, 9.17) is 0 Å². The summed E-state index contributed by atoms with van der Waals surface area (Å²) in [5.74, 6) is -0.541. The lowest BCUT2D eigenvalue weighted by molar-refractivity contribution is -0.135. The number of likely N-dealkylation sites (tertiary alicyclic amines) is 1. The second-order valence-electron chi connectivity index (χ2n) is 4.71. The van der Waals surface area contributed by atoms with Gasteiger partial charge in [0.05, 0.1) is 5.92 Å². The van der Waals surface area contributed by atoms with Crippen LogP contribution in [0, 0.1) is 11.8 Å². The lowest BCUT2D eigenvalue weighted by Gasteiger charge is -2.26. The molecule has 2 rings (SSSR count). The van der Waals surface area contributed by atoms with E-state index < -0.39 is 12.3 Å². The maximum atomic E-state index is 12.5. The summed E-state index contributed by atoms with van der Waals surface area (Å²) in [6.07, 6.45) is 0.0515. The fourth-order valence-electron chi connectivity index (χ4n) is 2.51. The van der Waals surface area contributed by atoms with Crippen LogP contribution in [0.1, 0.15) is 19.3 Å². The van der Waals surface area contributed by atoms with E-state index in [1.165, 1.54) is 0 Å². The summed E-state index contributed by atoms with van der Waals surface area (Å²) in [7, 11) is 0. The first kappa shape index (κ1) is 11.8. The van der Waals surface area contributed by atoms with E-state index in [-0.39, 0.29) is 18.4 Å². The highest BCUT2D eigenvalue weighted by Gasteiger charge is 2.34. The first-order chi connectivity index (χ1) is 7.68. The number of piperidine rings is 1.